The van der Waals surface area contributed by atoms with Crippen LogP contribution in [0.25, 0.3) is 0 Å². The lowest BCUT2D eigenvalue weighted by Crippen LogP contribution is -2.53. The first kappa shape index (κ1) is 14.3. The van der Waals surface area contributed by atoms with Crippen molar-refractivity contribution in [2.45, 2.75) is 65.3 Å². The molecule has 1 atom stereocenters. The summed E-state index contributed by atoms with van der Waals surface area (Å²) in [6.45, 7) is 12.2. The van der Waals surface area contributed by atoms with Gasteiger partial charge in [-0.15, -0.1) is 0 Å². The van der Waals surface area contributed by atoms with Gasteiger partial charge in [-0.2, -0.15) is 0 Å². The van der Waals surface area contributed by atoms with Gasteiger partial charge in [-0.05, 0) is 30.6 Å². The Morgan fingerprint density at radius 3 is 2.67 bits per heavy atom. The van der Waals surface area contributed by atoms with Gasteiger partial charge >= 0.3 is 0 Å². The second-order valence-corrected chi connectivity index (χ2v) is 7.25. The summed E-state index contributed by atoms with van der Waals surface area (Å²) >= 11 is 0. The molecule has 1 N–H and O–H groups in total. The van der Waals surface area contributed by atoms with E-state index in [1.807, 2.05) is 0 Å². The maximum atomic E-state index is 3.71. The number of nitrogens with zero attached hydrogens (tertiary/aromatic N) is 1. The topological polar surface area (TPSA) is 15.3 Å². The maximum absolute atomic E-state index is 3.71. The quantitative estimate of drug-likeness (QED) is 0.700. The molecule has 0 spiro atoms. The van der Waals surface area contributed by atoms with Crippen molar-refractivity contribution in [1.29, 1.82) is 0 Å². The summed E-state index contributed by atoms with van der Waals surface area (Å²) in [6.07, 6.45) is 8.46. The van der Waals surface area contributed by atoms with Gasteiger partial charge in [0.05, 0.1) is 0 Å². The van der Waals surface area contributed by atoms with E-state index in [9.17, 15) is 0 Å². The molecule has 0 radical (unpaired) electrons. The minimum Gasteiger partial charge on any atom is -0.311 e. The zero-order valence-corrected chi connectivity index (χ0v) is 12.7. The van der Waals surface area contributed by atoms with Crippen LogP contribution < -0.4 is 5.32 Å². The Bertz CT molecular complexity index is 245. The molecule has 18 heavy (non-hydrogen) atoms. The normalized spacial score (nSPS) is 26.5. The molecule has 2 aliphatic rings. The summed E-state index contributed by atoms with van der Waals surface area (Å²) in [7, 11) is 0. The second-order valence-electron chi connectivity index (χ2n) is 7.25. The number of rotatable bonds is 7. The van der Waals surface area contributed by atoms with E-state index in [1.54, 1.807) is 0 Å². The number of unbranched alkanes of at least 4 members (excludes halogenated alkanes) is 2. The van der Waals surface area contributed by atoms with Crippen LogP contribution in [0.1, 0.15) is 59.3 Å². The highest BCUT2D eigenvalue weighted by Gasteiger charge is 2.35. The van der Waals surface area contributed by atoms with Crippen molar-refractivity contribution >= 4 is 0 Å². The lowest BCUT2D eigenvalue weighted by molar-refractivity contribution is 0.124. The minimum atomic E-state index is 0.501. The van der Waals surface area contributed by atoms with E-state index in [-0.39, 0.29) is 0 Å². The van der Waals surface area contributed by atoms with Crippen LogP contribution in [-0.4, -0.2) is 37.1 Å². The fraction of sp³-hybridized carbons (Fsp3) is 1.00. The van der Waals surface area contributed by atoms with Crippen molar-refractivity contribution in [3.63, 3.8) is 0 Å². The Hall–Kier alpha value is -0.0800. The molecular formula is C16H32N2. The van der Waals surface area contributed by atoms with Gasteiger partial charge < -0.3 is 5.32 Å². The van der Waals surface area contributed by atoms with Crippen LogP contribution in [0, 0.1) is 11.3 Å². The van der Waals surface area contributed by atoms with Gasteiger partial charge in [0, 0.05) is 32.2 Å². The van der Waals surface area contributed by atoms with Crippen molar-refractivity contribution < 1.29 is 0 Å². The fourth-order valence-corrected chi connectivity index (χ4v) is 3.34. The fourth-order valence-electron chi connectivity index (χ4n) is 3.34. The molecule has 2 nitrogen and oxygen atoms in total. The monoisotopic (exact) mass is 252 g/mol. The van der Waals surface area contributed by atoms with Gasteiger partial charge in [0.1, 0.15) is 0 Å². The maximum Gasteiger partial charge on any atom is 0.0223 e. The van der Waals surface area contributed by atoms with E-state index in [1.165, 1.54) is 64.7 Å². The van der Waals surface area contributed by atoms with E-state index in [4.69, 9.17) is 0 Å². The van der Waals surface area contributed by atoms with Crippen LogP contribution in [0.15, 0.2) is 0 Å². The van der Waals surface area contributed by atoms with Gasteiger partial charge in [0.2, 0.25) is 0 Å². The molecule has 1 saturated heterocycles. The largest absolute Gasteiger partial charge is 0.311 e. The summed E-state index contributed by atoms with van der Waals surface area (Å²) in [5, 5.41) is 3.71. The molecule has 1 heterocycles. The van der Waals surface area contributed by atoms with E-state index in [0.29, 0.717) is 5.41 Å². The summed E-state index contributed by atoms with van der Waals surface area (Å²) in [6, 6.07) is 0.796. The standard InChI is InChI=1S/C16H32N2/c1-4-5-6-9-16(2,3)13-18-11-10-17-15(12-18)14-7-8-14/h14-15,17H,4-13H2,1-3H3. The predicted molar refractivity (Wildman–Crippen MR) is 78.9 cm³/mol. The summed E-state index contributed by atoms with van der Waals surface area (Å²) < 4.78 is 0. The van der Waals surface area contributed by atoms with Crippen LogP contribution in [0.3, 0.4) is 0 Å². The molecule has 0 bridgehead atoms. The average Bonchev–Trinajstić information content (AvgIpc) is 3.12. The summed E-state index contributed by atoms with van der Waals surface area (Å²) in [5.41, 5.74) is 0.501. The number of hydrogen-bond acceptors (Lipinski definition) is 2. The lowest BCUT2D eigenvalue weighted by atomic mass is 9.86. The third-order valence-corrected chi connectivity index (χ3v) is 4.59. The summed E-state index contributed by atoms with van der Waals surface area (Å²) in [5.74, 6) is 0.996. The number of piperazine rings is 1. The predicted octanol–water partition coefficient (Wildman–Crippen LogP) is 3.28. The Labute approximate surface area is 114 Å². The van der Waals surface area contributed by atoms with Crippen LogP contribution in [0.5, 0.6) is 0 Å². The first-order valence-corrected chi connectivity index (χ1v) is 8.06. The molecule has 2 fully saturated rings. The minimum absolute atomic E-state index is 0.501. The first-order chi connectivity index (χ1) is 8.61. The van der Waals surface area contributed by atoms with Gasteiger partial charge in [0.15, 0.2) is 0 Å². The van der Waals surface area contributed by atoms with Crippen LogP contribution in [0.4, 0.5) is 0 Å². The molecule has 0 aromatic rings. The highest BCUT2D eigenvalue weighted by Crippen LogP contribution is 2.34. The van der Waals surface area contributed by atoms with Crippen molar-refractivity contribution in [3.8, 4) is 0 Å². The molecule has 1 saturated carbocycles. The molecule has 2 rings (SSSR count). The van der Waals surface area contributed by atoms with Crippen molar-refractivity contribution in [3.05, 3.63) is 0 Å². The molecular weight excluding hydrogens is 220 g/mol. The molecule has 1 aliphatic carbocycles. The second kappa shape index (κ2) is 6.38. The van der Waals surface area contributed by atoms with Crippen molar-refractivity contribution in [2.24, 2.45) is 11.3 Å². The van der Waals surface area contributed by atoms with E-state index >= 15 is 0 Å². The van der Waals surface area contributed by atoms with E-state index < -0.39 is 0 Å². The van der Waals surface area contributed by atoms with Gasteiger partial charge in [0.25, 0.3) is 0 Å². The number of hydrogen-bond donors (Lipinski definition) is 1. The van der Waals surface area contributed by atoms with E-state index in [2.05, 4.69) is 31.0 Å². The Morgan fingerprint density at radius 1 is 1.22 bits per heavy atom. The van der Waals surface area contributed by atoms with Gasteiger partial charge in [-0.1, -0.05) is 40.0 Å². The van der Waals surface area contributed by atoms with Gasteiger partial charge in [-0.3, -0.25) is 4.90 Å². The van der Waals surface area contributed by atoms with Crippen LogP contribution >= 0.6 is 0 Å². The highest BCUT2D eigenvalue weighted by molar-refractivity contribution is 4.92. The van der Waals surface area contributed by atoms with Crippen LogP contribution in [0.2, 0.25) is 0 Å². The summed E-state index contributed by atoms with van der Waals surface area (Å²) in [4.78, 5) is 2.71. The molecule has 0 aromatic carbocycles. The van der Waals surface area contributed by atoms with Crippen molar-refractivity contribution in [1.82, 2.24) is 10.2 Å². The van der Waals surface area contributed by atoms with E-state index in [0.717, 1.165) is 12.0 Å². The van der Waals surface area contributed by atoms with Gasteiger partial charge in [-0.25, -0.2) is 0 Å². The number of nitrogens with one attached hydrogen (secondary N) is 1. The smallest absolute Gasteiger partial charge is 0.0223 e. The molecule has 0 aromatic heterocycles. The van der Waals surface area contributed by atoms with Crippen LogP contribution in [-0.2, 0) is 0 Å². The molecule has 0 amide bonds. The van der Waals surface area contributed by atoms with Crippen molar-refractivity contribution in [2.75, 3.05) is 26.2 Å². The zero-order valence-electron chi connectivity index (χ0n) is 12.7. The molecule has 1 aliphatic heterocycles. The molecule has 106 valence electrons. The third kappa shape index (κ3) is 4.55. The zero-order chi connectivity index (χ0) is 13.0. The lowest BCUT2D eigenvalue weighted by Gasteiger charge is -2.39. The Balaban J connectivity index is 1.72. The molecule has 1 unspecified atom stereocenters. The average molecular weight is 252 g/mol. The highest BCUT2D eigenvalue weighted by atomic mass is 15.2. The molecule has 2 heteroatoms. The Morgan fingerprint density at radius 2 is 2.00 bits per heavy atom. The third-order valence-electron chi connectivity index (χ3n) is 4.59. The SMILES string of the molecule is CCCCCC(C)(C)CN1CCNC(C2CC2)C1. The Kier molecular flexibility index (Phi) is 5.08. The first-order valence-electron chi connectivity index (χ1n) is 8.06.